The van der Waals surface area contributed by atoms with Crippen LogP contribution in [-0.2, 0) is 4.79 Å². The van der Waals surface area contributed by atoms with Crippen molar-refractivity contribution in [2.45, 2.75) is 32.2 Å². The first-order valence-electron chi connectivity index (χ1n) is 14.9. The molecule has 2 aliphatic rings. The fourth-order valence-corrected chi connectivity index (χ4v) is 5.58. The van der Waals surface area contributed by atoms with Crippen molar-refractivity contribution >= 4 is 34.4 Å². The van der Waals surface area contributed by atoms with Gasteiger partial charge < -0.3 is 29.7 Å². The van der Waals surface area contributed by atoms with E-state index in [1.54, 1.807) is 28.8 Å². The number of methoxy groups -OCH3 is 1. The van der Waals surface area contributed by atoms with Gasteiger partial charge in [0.2, 0.25) is 11.9 Å². The number of nitrogens with zero attached hydrogens (tertiary/aromatic N) is 8. The van der Waals surface area contributed by atoms with E-state index in [1.807, 2.05) is 51.1 Å². The van der Waals surface area contributed by atoms with Crippen molar-refractivity contribution in [3.05, 3.63) is 52.6 Å². The molecule has 43 heavy (non-hydrogen) atoms. The first-order valence-corrected chi connectivity index (χ1v) is 14.9. The quantitative estimate of drug-likeness (QED) is 0.374. The van der Waals surface area contributed by atoms with Gasteiger partial charge in [-0.3, -0.25) is 14.2 Å². The van der Waals surface area contributed by atoms with E-state index >= 15 is 0 Å². The molecule has 2 aliphatic heterocycles. The number of amides is 1. The fourth-order valence-electron chi connectivity index (χ4n) is 5.58. The van der Waals surface area contributed by atoms with Crippen LogP contribution in [0.25, 0.3) is 11.2 Å². The number of aromatic nitrogens is 4. The second kappa shape index (κ2) is 13.1. The van der Waals surface area contributed by atoms with Crippen molar-refractivity contribution in [3.63, 3.8) is 0 Å². The van der Waals surface area contributed by atoms with Crippen LogP contribution in [0.5, 0.6) is 5.75 Å². The molecule has 1 atom stereocenters. The van der Waals surface area contributed by atoms with Crippen LogP contribution in [0.3, 0.4) is 0 Å². The van der Waals surface area contributed by atoms with Crippen molar-refractivity contribution in [2.24, 2.45) is 0 Å². The number of carbonyl (C=O) groups is 1. The van der Waals surface area contributed by atoms with Gasteiger partial charge in [0.05, 0.1) is 25.0 Å². The van der Waals surface area contributed by atoms with Crippen molar-refractivity contribution in [1.29, 1.82) is 0 Å². The molecule has 0 radical (unpaired) electrons. The van der Waals surface area contributed by atoms with Gasteiger partial charge >= 0.3 is 0 Å². The molecule has 230 valence electrons. The number of benzene rings is 1. The summed E-state index contributed by atoms with van der Waals surface area (Å²) in [7, 11) is 7.70. The highest BCUT2D eigenvalue weighted by Crippen LogP contribution is 2.32. The van der Waals surface area contributed by atoms with Crippen LogP contribution in [0.2, 0.25) is 0 Å². The Kier molecular flexibility index (Phi) is 9.26. The van der Waals surface area contributed by atoms with Crippen LogP contribution >= 0.6 is 0 Å². The molecule has 0 saturated carbocycles. The minimum absolute atomic E-state index is 0.0519. The van der Waals surface area contributed by atoms with Gasteiger partial charge in [-0.05, 0) is 39.7 Å². The lowest BCUT2D eigenvalue weighted by molar-refractivity contribution is -0.125. The van der Waals surface area contributed by atoms with Crippen LogP contribution < -0.4 is 20.5 Å². The molecule has 0 aliphatic carbocycles. The predicted molar refractivity (Wildman–Crippen MR) is 170 cm³/mol. The van der Waals surface area contributed by atoms with Gasteiger partial charge in [0.25, 0.3) is 5.56 Å². The van der Waals surface area contributed by atoms with Crippen LogP contribution in [-0.4, -0.2) is 114 Å². The van der Waals surface area contributed by atoms with Crippen molar-refractivity contribution in [1.82, 2.24) is 34.2 Å². The van der Waals surface area contributed by atoms with E-state index in [0.29, 0.717) is 54.6 Å². The van der Waals surface area contributed by atoms with Gasteiger partial charge in [-0.15, -0.1) is 0 Å². The zero-order valence-electron chi connectivity index (χ0n) is 26.1. The molecule has 5 rings (SSSR count). The van der Waals surface area contributed by atoms with Gasteiger partial charge in [0, 0.05) is 69.6 Å². The predicted octanol–water partition coefficient (Wildman–Crippen LogP) is 2.71. The lowest BCUT2D eigenvalue weighted by atomic mass is 10.1. The van der Waals surface area contributed by atoms with E-state index in [0.717, 1.165) is 37.6 Å². The smallest absolute Gasteiger partial charge is 0.274 e. The summed E-state index contributed by atoms with van der Waals surface area (Å²) in [6.07, 6.45) is 5.77. The molecule has 1 aromatic carbocycles. The molecule has 12 nitrogen and oxygen atoms in total. The van der Waals surface area contributed by atoms with E-state index in [-0.39, 0.29) is 23.4 Å². The summed E-state index contributed by atoms with van der Waals surface area (Å²) >= 11 is 0. The molecular weight excluding hydrogens is 546 g/mol. The van der Waals surface area contributed by atoms with Crippen LogP contribution in [0.1, 0.15) is 37.9 Å². The molecule has 0 unspecified atom stereocenters. The maximum atomic E-state index is 13.8. The highest BCUT2D eigenvalue weighted by molar-refractivity contribution is 5.87. The van der Waals surface area contributed by atoms with Crippen molar-refractivity contribution < 1.29 is 9.53 Å². The Morgan fingerprint density at radius 3 is 2.63 bits per heavy atom. The Morgan fingerprint density at radius 2 is 1.93 bits per heavy atom. The molecule has 12 heteroatoms. The lowest BCUT2D eigenvalue weighted by Crippen LogP contribution is -2.44. The summed E-state index contributed by atoms with van der Waals surface area (Å²) in [5, 5.41) is 3.29. The van der Waals surface area contributed by atoms with E-state index < -0.39 is 0 Å². The Hall–Kier alpha value is -4.03. The average molecular weight is 590 g/mol. The molecular formula is C31H43N9O3. The van der Waals surface area contributed by atoms with E-state index in [1.165, 1.54) is 0 Å². The average Bonchev–Trinajstić information content (AvgIpc) is 3.47. The number of likely N-dealkylation sites (tertiary alicyclic amines) is 1. The van der Waals surface area contributed by atoms with Crippen molar-refractivity contribution in [2.75, 3.05) is 84.3 Å². The standard InChI is InChI=1S/C31H43N9O3/c1-21(2)28-30(42)40(23-11-13-39(20-23)27(41)8-7-12-36(3)4)29-25(33-28)19-32-31(35-29)34-24-10-9-22(18-26(24)43-6)38-16-14-37(5)15-17-38/h7-10,18-19,21,23H,11-17,20H2,1-6H3,(H,32,34,35)/b8-7+/t23-/m0/s1. The van der Waals surface area contributed by atoms with Crippen LogP contribution in [0.15, 0.2) is 41.3 Å². The summed E-state index contributed by atoms with van der Waals surface area (Å²) < 4.78 is 7.45. The van der Waals surface area contributed by atoms with E-state index in [2.05, 4.69) is 38.2 Å². The van der Waals surface area contributed by atoms with Crippen LogP contribution in [0, 0.1) is 0 Å². The third kappa shape index (κ3) is 6.80. The molecule has 2 aromatic heterocycles. The minimum atomic E-state index is -0.221. The second-order valence-electron chi connectivity index (χ2n) is 11.9. The summed E-state index contributed by atoms with van der Waals surface area (Å²) in [5.41, 5.74) is 3.11. The van der Waals surface area contributed by atoms with Crippen LogP contribution in [0.4, 0.5) is 17.3 Å². The molecule has 2 saturated heterocycles. The lowest BCUT2D eigenvalue weighted by Gasteiger charge is -2.34. The third-order valence-electron chi connectivity index (χ3n) is 8.08. The molecule has 2 fully saturated rings. The topological polar surface area (TPSA) is 112 Å². The Balaban J connectivity index is 1.44. The third-order valence-corrected chi connectivity index (χ3v) is 8.08. The van der Waals surface area contributed by atoms with Gasteiger partial charge in [-0.1, -0.05) is 19.9 Å². The van der Waals surface area contributed by atoms with E-state index in [4.69, 9.17) is 9.72 Å². The Bertz CT molecular complexity index is 1540. The van der Waals surface area contributed by atoms with E-state index in [9.17, 15) is 9.59 Å². The summed E-state index contributed by atoms with van der Waals surface area (Å²) in [4.78, 5) is 49.1. The van der Waals surface area contributed by atoms with Crippen molar-refractivity contribution in [3.8, 4) is 5.75 Å². The molecule has 1 amide bonds. The largest absolute Gasteiger partial charge is 0.494 e. The first kappa shape index (κ1) is 30.4. The number of carbonyl (C=O) groups excluding carboxylic acids is 1. The summed E-state index contributed by atoms with van der Waals surface area (Å²) in [6.45, 7) is 9.53. The number of nitrogens with one attached hydrogen (secondary N) is 1. The SMILES string of the molecule is COc1cc(N2CCN(C)CC2)ccc1Nc1ncc2nc(C(C)C)c(=O)n([C@H]3CCN(C(=O)/C=C/CN(C)C)C3)c2n1. The van der Waals surface area contributed by atoms with Gasteiger partial charge in [0.15, 0.2) is 5.65 Å². The maximum absolute atomic E-state index is 13.8. The summed E-state index contributed by atoms with van der Waals surface area (Å²) in [5.74, 6) is 0.891. The zero-order valence-corrected chi connectivity index (χ0v) is 26.1. The molecule has 0 spiro atoms. The normalized spacial score (nSPS) is 18.0. The number of likely N-dealkylation sites (N-methyl/N-ethyl adjacent to an activating group) is 2. The number of hydrogen-bond acceptors (Lipinski definition) is 10. The van der Waals surface area contributed by atoms with Gasteiger partial charge in [0.1, 0.15) is 17.0 Å². The second-order valence-corrected chi connectivity index (χ2v) is 11.9. The molecule has 4 heterocycles. The molecule has 3 aromatic rings. The van der Waals surface area contributed by atoms with Gasteiger partial charge in [-0.25, -0.2) is 9.97 Å². The van der Waals surface area contributed by atoms with Gasteiger partial charge in [-0.2, -0.15) is 4.98 Å². The number of rotatable bonds is 9. The minimum Gasteiger partial charge on any atom is -0.494 e. The first-order chi connectivity index (χ1) is 20.6. The number of hydrogen-bond donors (Lipinski definition) is 1. The number of piperazine rings is 1. The number of fused-ring (bicyclic) bond motifs is 1. The number of anilines is 3. The Morgan fingerprint density at radius 1 is 1.16 bits per heavy atom. The fraction of sp³-hybridized carbons (Fsp3) is 0.516. The Labute approximate surface area is 253 Å². The monoisotopic (exact) mass is 589 g/mol. The number of ether oxygens (including phenoxy) is 1. The molecule has 1 N–H and O–H groups in total. The zero-order chi connectivity index (χ0) is 30.7. The maximum Gasteiger partial charge on any atom is 0.274 e. The molecule has 0 bridgehead atoms. The highest BCUT2D eigenvalue weighted by atomic mass is 16.5. The highest BCUT2D eigenvalue weighted by Gasteiger charge is 2.30. The summed E-state index contributed by atoms with van der Waals surface area (Å²) in [6, 6.07) is 5.85.